The summed E-state index contributed by atoms with van der Waals surface area (Å²) in [4.78, 5) is 2.74. The van der Waals surface area contributed by atoms with Gasteiger partial charge in [-0.1, -0.05) is 6.92 Å². The van der Waals surface area contributed by atoms with E-state index in [1.807, 2.05) is 0 Å². The average molecular weight is 415 g/mol. The van der Waals surface area contributed by atoms with Crippen molar-refractivity contribution >= 4 is 10.0 Å². The molecule has 1 aromatic rings. The van der Waals surface area contributed by atoms with E-state index >= 15 is 0 Å². The number of rotatable bonds is 5. The van der Waals surface area contributed by atoms with Crippen LogP contribution in [0.4, 0.5) is 8.78 Å². The van der Waals surface area contributed by atoms with Crippen LogP contribution in [0.1, 0.15) is 32.6 Å². The highest BCUT2D eigenvalue weighted by Crippen LogP contribution is 2.42. The van der Waals surface area contributed by atoms with E-state index in [0.29, 0.717) is 31.0 Å². The Morgan fingerprint density at radius 1 is 1.04 bits per heavy atom. The van der Waals surface area contributed by atoms with E-state index in [2.05, 4.69) is 16.6 Å². The second-order valence-electron chi connectivity index (χ2n) is 8.54. The Labute approximate surface area is 165 Å². The Kier molecular flexibility index (Phi) is 5.64. The molecule has 0 N–H and O–H groups in total. The molecule has 3 aliphatic rings. The van der Waals surface area contributed by atoms with Crippen LogP contribution >= 0.6 is 0 Å². The second kappa shape index (κ2) is 7.88. The molecule has 2 saturated heterocycles. The smallest absolute Gasteiger partial charge is 0.387 e. The maximum Gasteiger partial charge on any atom is 0.387 e. The summed E-state index contributed by atoms with van der Waals surface area (Å²) in [7, 11) is -3.60. The number of ether oxygens (including phenoxy) is 1. The SMILES string of the molecule is CC1CCN(C2CC3CN(S(=O)(=O)c4ccc(OC(F)F)cc4)CC3C2)CC1. The molecule has 2 aliphatic heterocycles. The Hall–Kier alpha value is -1.25. The van der Waals surface area contributed by atoms with Gasteiger partial charge in [0.05, 0.1) is 4.90 Å². The molecule has 1 aromatic carbocycles. The van der Waals surface area contributed by atoms with Crippen LogP contribution in [0.5, 0.6) is 5.75 Å². The molecule has 5 nitrogen and oxygen atoms in total. The van der Waals surface area contributed by atoms with E-state index in [9.17, 15) is 17.2 Å². The predicted molar refractivity (Wildman–Crippen MR) is 102 cm³/mol. The molecule has 1 saturated carbocycles. The Morgan fingerprint density at radius 3 is 2.14 bits per heavy atom. The van der Waals surface area contributed by atoms with E-state index in [4.69, 9.17) is 0 Å². The summed E-state index contributed by atoms with van der Waals surface area (Å²) < 4.78 is 56.3. The van der Waals surface area contributed by atoms with Crippen LogP contribution in [0, 0.1) is 17.8 Å². The van der Waals surface area contributed by atoms with Crippen molar-refractivity contribution < 1.29 is 21.9 Å². The van der Waals surface area contributed by atoms with Gasteiger partial charge in [0, 0.05) is 19.1 Å². The third-order valence-electron chi connectivity index (χ3n) is 6.71. The number of alkyl halides is 2. The largest absolute Gasteiger partial charge is 0.435 e. The van der Waals surface area contributed by atoms with Crippen LogP contribution in [-0.4, -0.2) is 56.5 Å². The summed E-state index contributed by atoms with van der Waals surface area (Å²) in [6.07, 6.45) is 4.67. The quantitative estimate of drug-likeness (QED) is 0.741. The first-order chi connectivity index (χ1) is 13.3. The molecule has 2 unspecified atom stereocenters. The van der Waals surface area contributed by atoms with Gasteiger partial charge in [0.15, 0.2) is 0 Å². The van der Waals surface area contributed by atoms with Gasteiger partial charge >= 0.3 is 6.61 Å². The number of likely N-dealkylation sites (tertiary alicyclic amines) is 1. The topological polar surface area (TPSA) is 49.9 Å². The Bertz CT molecular complexity index is 765. The molecule has 0 bridgehead atoms. The van der Waals surface area contributed by atoms with Crippen LogP contribution < -0.4 is 4.74 Å². The Balaban J connectivity index is 1.37. The van der Waals surface area contributed by atoms with Crippen molar-refractivity contribution in [1.29, 1.82) is 0 Å². The molecule has 0 aromatic heterocycles. The van der Waals surface area contributed by atoms with Gasteiger partial charge in [-0.15, -0.1) is 0 Å². The highest BCUT2D eigenvalue weighted by Gasteiger charge is 2.46. The normalized spacial score (nSPS) is 30.1. The van der Waals surface area contributed by atoms with E-state index in [1.54, 1.807) is 4.31 Å². The maximum atomic E-state index is 12.9. The van der Waals surface area contributed by atoms with E-state index in [0.717, 1.165) is 18.8 Å². The van der Waals surface area contributed by atoms with Gasteiger partial charge in [0.1, 0.15) is 5.75 Å². The first kappa shape index (κ1) is 20.0. The van der Waals surface area contributed by atoms with Crippen molar-refractivity contribution in [2.24, 2.45) is 17.8 Å². The van der Waals surface area contributed by atoms with Gasteiger partial charge in [-0.3, -0.25) is 0 Å². The maximum absolute atomic E-state index is 12.9. The number of sulfonamides is 1. The number of fused-ring (bicyclic) bond motifs is 1. The zero-order valence-corrected chi connectivity index (χ0v) is 17.0. The number of benzene rings is 1. The summed E-state index contributed by atoms with van der Waals surface area (Å²) in [5, 5.41) is 0. The summed E-state index contributed by atoms with van der Waals surface area (Å²) in [6, 6.07) is 5.85. The minimum atomic E-state index is -3.60. The van der Waals surface area contributed by atoms with E-state index in [-0.39, 0.29) is 10.6 Å². The average Bonchev–Trinajstić information content (AvgIpc) is 3.22. The monoisotopic (exact) mass is 414 g/mol. The van der Waals surface area contributed by atoms with E-state index < -0.39 is 16.6 Å². The fourth-order valence-corrected chi connectivity index (χ4v) is 6.61. The van der Waals surface area contributed by atoms with Crippen LogP contribution in [0.2, 0.25) is 0 Å². The predicted octanol–water partition coefficient (Wildman–Crippen LogP) is 3.42. The number of nitrogens with zero attached hydrogens (tertiary/aromatic N) is 2. The molecule has 28 heavy (non-hydrogen) atoms. The molecule has 2 atom stereocenters. The number of hydrogen-bond donors (Lipinski definition) is 0. The van der Waals surface area contributed by atoms with Crippen LogP contribution in [0.25, 0.3) is 0 Å². The lowest BCUT2D eigenvalue weighted by atomic mass is 9.97. The molecular weight excluding hydrogens is 386 g/mol. The van der Waals surface area contributed by atoms with E-state index in [1.165, 1.54) is 50.2 Å². The third kappa shape index (κ3) is 4.04. The van der Waals surface area contributed by atoms with Crippen molar-refractivity contribution in [3.05, 3.63) is 24.3 Å². The standard InChI is InChI=1S/C20H28F2N2O3S/c1-14-6-8-23(9-7-14)17-10-15-12-24(13-16(15)11-17)28(25,26)19-4-2-18(3-5-19)27-20(21)22/h2-5,14-17,20H,6-13H2,1H3. The molecule has 4 rings (SSSR count). The molecule has 0 spiro atoms. The number of halogens is 2. The lowest BCUT2D eigenvalue weighted by molar-refractivity contribution is -0.0498. The molecule has 156 valence electrons. The molecule has 8 heteroatoms. The molecule has 2 heterocycles. The molecule has 0 radical (unpaired) electrons. The van der Waals surface area contributed by atoms with Gasteiger partial charge < -0.3 is 9.64 Å². The summed E-state index contributed by atoms with van der Waals surface area (Å²) in [6.45, 7) is 2.85. The second-order valence-corrected chi connectivity index (χ2v) is 10.5. The zero-order valence-electron chi connectivity index (χ0n) is 16.1. The van der Waals surface area contributed by atoms with Crippen molar-refractivity contribution in [3.63, 3.8) is 0 Å². The number of hydrogen-bond acceptors (Lipinski definition) is 4. The van der Waals surface area contributed by atoms with Crippen molar-refractivity contribution in [2.75, 3.05) is 26.2 Å². The van der Waals surface area contributed by atoms with Crippen LogP contribution in [-0.2, 0) is 10.0 Å². The number of piperidine rings is 1. The minimum Gasteiger partial charge on any atom is -0.435 e. The van der Waals surface area contributed by atoms with Gasteiger partial charge in [0.2, 0.25) is 10.0 Å². The molecule has 3 fully saturated rings. The highest BCUT2D eigenvalue weighted by atomic mass is 32.2. The molecule has 0 amide bonds. The Morgan fingerprint density at radius 2 is 1.61 bits per heavy atom. The molecular formula is C20H28F2N2O3S. The highest BCUT2D eigenvalue weighted by molar-refractivity contribution is 7.89. The van der Waals surface area contributed by atoms with Crippen molar-refractivity contribution in [1.82, 2.24) is 9.21 Å². The van der Waals surface area contributed by atoms with Crippen LogP contribution in [0.3, 0.4) is 0 Å². The van der Waals surface area contributed by atoms with Gasteiger partial charge in [0.25, 0.3) is 0 Å². The lowest BCUT2D eigenvalue weighted by Crippen LogP contribution is -2.41. The van der Waals surface area contributed by atoms with Crippen LogP contribution in [0.15, 0.2) is 29.2 Å². The fraction of sp³-hybridized carbons (Fsp3) is 0.700. The van der Waals surface area contributed by atoms with Crippen molar-refractivity contribution in [3.8, 4) is 5.75 Å². The first-order valence-electron chi connectivity index (χ1n) is 10.1. The van der Waals surface area contributed by atoms with Crippen molar-refractivity contribution in [2.45, 2.75) is 50.2 Å². The van der Waals surface area contributed by atoms with Gasteiger partial charge in [-0.2, -0.15) is 13.1 Å². The summed E-state index contributed by atoms with van der Waals surface area (Å²) in [5.41, 5.74) is 0. The van der Waals surface area contributed by atoms with Gasteiger partial charge in [-0.05, 0) is 80.8 Å². The first-order valence-corrected chi connectivity index (χ1v) is 11.6. The third-order valence-corrected chi connectivity index (χ3v) is 8.56. The summed E-state index contributed by atoms with van der Waals surface area (Å²) >= 11 is 0. The summed E-state index contributed by atoms with van der Waals surface area (Å²) in [5.74, 6) is 1.61. The zero-order chi connectivity index (χ0) is 19.9. The lowest BCUT2D eigenvalue weighted by Gasteiger charge is -2.35. The minimum absolute atomic E-state index is 0.0362. The fourth-order valence-electron chi connectivity index (χ4n) is 5.06. The van der Waals surface area contributed by atoms with Gasteiger partial charge in [-0.25, -0.2) is 8.42 Å². The molecule has 1 aliphatic carbocycles.